The van der Waals surface area contributed by atoms with Crippen molar-refractivity contribution in [2.45, 2.75) is 33.7 Å². The standard InChI is InChI=1S/C12H26BrNS/c1-10(9-15-6)14(5)8-11(7-13)12(2,3)4/h10-11H,7-9H2,1-6H3. The van der Waals surface area contributed by atoms with Crippen molar-refractivity contribution >= 4 is 27.7 Å². The van der Waals surface area contributed by atoms with Gasteiger partial charge in [0.25, 0.3) is 0 Å². The van der Waals surface area contributed by atoms with Crippen LogP contribution in [-0.2, 0) is 0 Å². The normalized spacial score (nSPS) is 16.8. The van der Waals surface area contributed by atoms with Crippen LogP contribution in [0.25, 0.3) is 0 Å². The van der Waals surface area contributed by atoms with Gasteiger partial charge in [-0.05, 0) is 31.6 Å². The highest BCUT2D eigenvalue weighted by molar-refractivity contribution is 9.09. The average molecular weight is 296 g/mol. The van der Waals surface area contributed by atoms with Crippen molar-refractivity contribution in [1.82, 2.24) is 4.90 Å². The molecule has 15 heavy (non-hydrogen) atoms. The van der Waals surface area contributed by atoms with Gasteiger partial charge in [-0.3, -0.25) is 0 Å². The fourth-order valence-electron chi connectivity index (χ4n) is 1.45. The summed E-state index contributed by atoms with van der Waals surface area (Å²) >= 11 is 5.56. The minimum atomic E-state index is 0.386. The molecule has 0 radical (unpaired) electrons. The van der Waals surface area contributed by atoms with Crippen LogP contribution < -0.4 is 0 Å². The van der Waals surface area contributed by atoms with Gasteiger partial charge in [0.15, 0.2) is 0 Å². The van der Waals surface area contributed by atoms with Crippen LogP contribution in [0.5, 0.6) is 0 Å². The van der Waals surface area contributed by atoms with E-state index in [2.05, 4.69) is 61.8 Å². The predicted octanol–water partition coefficient (Wildman–Crippen LogP) is 3.73. The number of halogens is 1. The summed E-state index contributed by atoms with van der Waals surface area (Å²) in [5.41, 5.74) is 0.386. The van der Waals surface area contributed by atoms with Crippen LogP contribution in [0.2, 0.25) is 0 Å². The molecule has 3 heteroatoms. The molecule has 0 aliphatic rings. The highest BCUT2D eigenvalue weighted by Gasteiger charge is 2.25. The Labute approximate surface area is 109 Å². The largest absolute Gasteiger partial charge is 0.303 e. The molecule has 0 heterocycles. The first-order valence-corrected chi connectivity index (χ1v) is 8.09. The third kappa shape index (κ3) is 6.18. The summed E-state index contributed by atoms with van der Waals surface area (Å²) in [6.45, 7) is 10.5. The summed E-state index contributed by atoms with van der Waals surface area (Å²) in [7, 11) is 2.24. The second kappa shape index (κ2) is 7.18. The summed E-state index contributed by atoms with van der Waals surface area (Å²) in [6, 6.07) is 0.670. The Balaban J connectivity index is 4.18. The summed E-state index contributed by atoms with van der Waals surface area (Å²) in [5, 5.41) is 1.09. The maximum atomic E-state index is 3.64. The third-order valence-electron chi connectivity index (χ3n) is 3.08. The number of rotatable bonds is 6. The Morgan fingerprint density at radius 1 is 1.33 bits per heavy atom. The zero-order chi connectivity index (χ0) is 12.1. The first-order chi connectivity index (χ1) is 6.82. The molecule has 0 aromatic rings. The number of hydrogen-bond acceptors (Lipinski definition) is 2. The minimum Gasteiger partial charge on any atom is -0.303 e. The lowest BCUT2D eigenvalue weighted by atomic mass is 9.81. The molecule has 0 N–H and O–H groups in total. The maximum Gasteiger partial charge on any atom is 0.0155 e. The maximum absolute atomic E-state index is 3.64. The van der Waals surface area contributed by atoms with Gasteiger partial charge in [0, 0.05) is 23.7 Å². The number of thioether (sulfide) groups is 1. The molecule has 2 unspecified atom stereocenters. The Morgan fingerprint density at radius 2 is 1.87 bits per heavy atom. The van der Waals surface area contributed by atoms with Gasteiger partial charge in [0.1, 0.15) is 0 Å². The fourth-order valence-corrected chi connectivity index (χ4v) is 3.36. The molecule has 0 amide bonds. The van der Waals surface area contributed by atoms with Crippen LogP contribution in [-0.4, -0.2) is 41.9 Å². The molecular weight excluding hydrogens is 270 g/mol. The minimum absolute atomic E-state index is 0.386. The van der Waals surface area contributed by atoms with E-state index in [0.717, 1.165) is 5.33 Å². The van der Waals surface area contributed by atoms with Crippen LogP contribution in [0.3, 0.4) is 0 Å². The van der Waals surface area contributed by atoms with Gasteiger partial charge in [-0.15, -0.1) is 0 Å². The lowest BCUT2D eigenvalue weighted by Crippen LogP contribution is -2.39. The molecule has 0 aromatic carbocycles. The molecule has 0 aliphatic heterocycles. The average Bonchev–Trinajstić information content (AvgIpc) is 2.12. The monoisotopic (exact) mass is 295 g/mol. The highest BCUT2D eigenvalue weighted by Crippen LogP contribution is 2.28. The molecule has 0 spiro atoms. The highest BCUT2D eigenvalue weighted by atomic mass is 79.9. The molecule has 0 aromatic heterocycles. The number of alkyl halides is 1. The van der Waals surface area contributed by atoms with E-state index in [4.69, 9.17) is 0 Å². The fraction of sp³-hybridized carbons (Fsp3) is 1.00. The SMILES string of the molecule is CSCC(C)N(C)CC(CBr)C(C)(C)C. The van der Waals surface area contributed by atoms with Gasteiger partial charge < -0.3 is 4.90 Å². The number of hydrogen-bond donors (Lipinski definition) is 0. The van der Waals surface area contributed by atoms with E-state index in [9.17, 15) is 0 Å². The van der Waals surface area contributed by atoms with E-state index >= 15 is 0 Å². The van der Waals surface area contributed by atoms with Crippen molar-refractivity contribution in [3.05, 3.63) is 0 Å². The van der Waals surface area contributed by atoms with Crippen LogP contribution in [0.15, 0.2) is 0 Å². The van der Waals surface area contributed by atoms with Crippen molar-refractivity contribution in [2.75, 3.05) is 30.9 Å². The lowest BCUT2D eigenvalue weighted by molar-refractivity contribution is 0.166. The van der Waals surface area contributed by atoms with Crippen molar-refractivity contribution in [1.29, 1.82) is 0 Å². The van der Waals surface area contributed by atoms with Crippen LogP contribution in [0.1, 0.15) is 27.7 Å². The van der Waals surface area contributed by atoms with Crippen molar-refractivity contribution in [3.8, 4) is 0 Å². The van der Waals surface area contributed by atoms with Crippen molar-refractivity contribution < 1.29 is 0 Å². The molecule has 0 saturated carbocycles. The zero-order valence-electron chi connectivity index (χ0n) is 11.0. The predicted molar refractivity (Wildman–Crippen MR) is 77.2 cm³/mol. The van der Waals surface area contributed by atoms with Crippen LogP contribution >= 0.6 is 27.7 Å². The Bertz CT molecular complexity index is 167. The molecule has 1 nitrogen and oxygen atoms in total. The van der Waals surface area contributed by atoms with Gasteiger partial charge in [0.05, 0.1) is 0 Å². The lowest BCUT2D eigenvalue weighted by Gasteiger charge is -2.35. The van der Waals surface area contributed by atoms with Crippen LogP contribution in [0.4, 0.5) is 0 Å². The summed E-state index contributed by atoms with van der Waals surface area (Å²) < 4.78 is 0. The van der Waals surface area contributed by atoms with E-state index in [1.54, 1.807) is 0 Å². The molecular formula is C12H26BrNS. The molecule has 0 rings (SSSR count). The molecule has 0 fully saturated rings. The van der Waals surface area contributed by atoms with Gasteiger partial charge in [-0.2, -0.15) is 11.8 Å². The first-order valence-electron chi connectivity index (χ1n) is 5.58. The molecule has 0 aliphatic carbocycles. The van der Waals surface area contributed by atoms with Crippen LogP contribution in [0, 0.1) is 11.3 Å². The Hall–Kier alpha value is 0.790. The Morgan fingerprint density at radius 3 is 2.20 bits per heavy atom. The molecule has 92 valence electrons. The quantitative estimate of drug-likeness (QED) is 0.687. The van der Waals surface area contributed by atoms with E-state index in [1.807, 2.05) is 11.8 Å². The topological polar surface area (TPSA) is 3.24 Å². The molecule has 0 bridgehead atoms. The number of nitrogens with zero attached hydrogens (tertiary/aromatic N) is 1. The van der Waals surface area contributed by atoms with Gasteiger partial charge >= 0.3 is 0 Å². The summed E-state index contributed by atoms with van der Waals surface area (Å²) in [5.74, 6) is 1.93. The Kier molecular flexibility index (Phi) is 7.56. The van der Waals surface area contributed by atoms with E-state index < -0.39 is 0 Å². The van der Waals surface area contributed by atoms with Gasteiger partial charge in [-0.25, -0.2) is 0 Å². The first kappa shape index (κ1) is 15.8. The van der Waals surface area contributed by atoms with E-state index in [1.165, 1.54) is 12.3 Å². The molecule has 0 saturated heterocycles. The van der Waals surface area contributed by atoms with E-state index in [0.29, 0.717) is 17.4 Å². The van der Waals surface area contributed by atoms with Gasteiger partial charge in [-0.1, -0.05) is 36.7 Å². The van der Waals surface area contributed by atoms with E-state index in [-0.39, 0.29) is 0 Å². The van der Waals surface area contributed by atoms with Crippen molar-refractivity contribution in [2.24, 2.45) is 11.3 Å². The third-order valence-corrected chi connectivity index (χ3v) is 4.68. The smallest absolute Gasteiger partial charge is 0.0155 e. The second-order valence-electron chi connectivity index (χ2n) is 5.46. The van der Waals surface area contributed by atoms with Crippen molar-refractivity contribution in [3.63, 3.8) is 0 Å². The van der Waals surface area contributed by atoms with Gasteiger partial charge in [0.2, 0.25) is 0 Å². The summed E-state index contributed by atoms with van der Waals surface area (Å²) in [4.78, 5) is 2.48. The summed E-state index contributed by atoms with van der Waals surface area (Å²) in [6.07, 6.45) is 2.18. The zero-order valence-corrected chi connectivity index (χ0v) is 13.4. The second-order valence-corrected chi connectivity index (χ2v) is 7.02. The molecule has 2 atom stereocenters.